The fourth-order valence-electron chi connectivity index (χ4n) is 1.61. The molecule has 0 bridgehead atoms. The van der Waals surface area contributed by atoms with Crippen LogP contribution in [0.5, 0.6) is 0 Å². The van der Waals surface area contributed by atoms with Gasteiger partial charge in [0.2, 0.25) is 5.28 Å². The average Bonchev–Trinajstić information content (AvgIpc) is 2.74. The van der Waals surface area contributed by atoms with Crippen LogP contribution < -0.4 is 0 Å². The van der Waals surface area contributed by atoms with Crippen LogP contribution in [0.2, 0.25) is 5.28 Å². The van der Waals surface area contributed by atoms with Crippen LogP contribution in [0, 0.1) is 13.8 Å². The van der Waals surface area contributed by atoms with E-state index in [0.717, 1.165) is 18.8 Å². The van der Waals surface area contributed by atoms with Gasteiger partial charge in [-0.1, -0.05) is 6.92 Å². The van der Waals surface area contributed by atoms with Gasteiger partial charge in [-0.3, -0.25) is 4.57 Å². The van der Waals surface area contributed by atoms with Crippen molar-refractivity contribution in [3.8, 4) is 0 Å². The van der Waals surface area contributed by atoms with Gasteiger partial charge in [0.1, 0.15) is 5.82 Å². The van der Waals surface area contributed by atoms with Gasteiger partial charge in [0.15, 0.2) is 0 Å². The minimum Gasteiger partial charge on any atom is -0.296 e. The summed E-state index contributed by atoms with van der Waals surface area (Å²) >= 11 is 7.82. The smallest absolute Gasteiger partial charge is 0.225 e. The Morgan fingerprint density at radius 2 is 2.12 bits per heavy atom. The Labute approximate surface area is 104 Å². The first-order chi connectivity index (χ1) is 7.61. The molecule has 0 saturated heterocycles. The van der Waals surface area contributed by atoms with Crippen molar-refractivity contribution in [2.75, 3.05) is 0 Å². The zero-order valence-electron chi connectivity index (χ0n) is 9.62. The number of thiophene rings is 1. The van der Waals surface area contributed by atoms with Gasteiger partial charge >= 0.3 is 0 Å². The Hall–Kier alpha value is -0.870. The molecule has 0 atom stereocenters. The van der Waals surface area contributed by atoms with Crippen molar-refractivity contribution in [1.82, 2.24) is 14.8 Å². The first kappa shape index (κ1) is 11.6. The molecule has 0 aliphatic carbocycles. The Balaban J connectivity index is 2.29. The summed E-state index contributed by atoms with van der Waals surface area (Å²) in [4.78, 5) is 2.66. The average molecular weight is 256 g/mol. The topological polar surface area (TPSA) is 30.7 Å². The lowest BCUT2D eigenvalue weighted by atomic mass is 10.3. The quantitative estimate of drug-likeness (QED) is 0.843. The molecule has 0 unspecified atom stereocenters. The fraction of sp³-hybridized carbons (Fsp3) is 0.455. The number of aromatic nitrogens is 3. The van der Waals surface area contributed by atoms with Gasteiger partial charge in [0.25, 0.3) is 0 Å². The van der Waals surface area contributed by atoms with Gasteiger partial charge in [-0.05, 0) is 37.1 Å². The number of aryl methyl sites for hydroxylation is 3. The van der Waals surface area contributed by atoms with Crippen LogP contribution in [0.1, 0.15) is 28.1 Å². The van der Waals surface area contributed by atoms with E-state index in [4.69, 9.17) is 11.6 Å². The maximum Gasteiger partial charge on any atom is 0.225 e. The summed E-state index contributed by atoms with van der Waals surface area (Å²) in [5.74, 6) is 0.939. The number of hydrogen-bond acceptors (Lipinski definition) is 3. The van der Waals surface area contributed by atoms with Crippen LogP contribution in [-0.2, 0) is 13.0 Å². The van der Waals surface area contributed by atoms with E-state index in [0.29, 0.717) is 5.28 Å². The Morgan fingerprint density at radius 1 is 1.38 bits per heavy atom. The van der Waals surface area contributed by atoms with Gasteiger partial charge in [-0.15, -0.1) is 21.5 Å². The molecule has 2 rings (SSSR count). The molecular weight excluding hydrogens is 242 g/mol. The molecule has 86 valence electrons. The monoisotopic (exact) mass is 255 g/mol. The highest BCUT2D eigenvalue weighted by Gasteiger charge is 2.10. The minimum absolute atomic E-state index is 0.473. The highest BCUT2D eigenvalue weighted by Crippen LogP contribution is 2.23. The van der Waals surface area contributed by atoms with E-state index in [1.807, 2.05) is 4.57 Å². The number of hydrogen-bond donors (Lipinski definition) is 0. The van der Waals surface area contributed by atoms with E-state index in [2.05, 4.69) is 37.0 Å². The van der Waals surface area contributed by atoms with Crippen molar-refractivity contribution in [1.29, 1.82) is 0 Å². The highest BCUT2D eigenvalue weighted by atomic mass is 35.5. The molecule has 2 aromatic heterocycles. The van der Waals surface area contributed by atoms with E-state index < -0.39 is 0 Å². The van der Waals surface area contributed by atoms with Gasteiger partial charge in [0.05, 0.1) is 6.54 Å². The van der Waals surface area contributed by atoms with Crippen LogP contribution in [0.4, 0.5) is 0 Å². The summed E-state index contributed by atoms with van der Waals surface area (Å²) < 4.78 is 1.96. The SMILES string of the molecule is CCc1nnc(Cl)n1Cc1cc(C)c(C)s1. The van der Waals surface area contributed by atoms with Crippen molar-refractivity contribution in [2.24, 2.45) is 0 Å². The van der Waals surface area contributed by atoms with Crippen LogP contribution in [0.25, 0.3) is 0 Å². The van der Waals surface area contributed by atoms with E-state index in [1.165, 1.54) is 15.3 Å². The maximum absolute atomic E-state index is 6.01. The molecule has 0 aliphatic heterocycles. The molecule has 0 amide bonds. The van der Waals surface area contributed by atoms with Crippen molar-refractivity contribution in [3.05, 3.63) is 32.5 Å². The predicted molar refractivity (Wildman–Crippen MR) is 67.3 cm³/mol. The molecule has 2 aromatic rings. The number of nitrogens with zero attached hydrogens (tertiary/aromatic N) is 3. The van der Waals surface area contributed by atoms with E-state index in [9.17, 15) is 0 Å². The van der Waals surface area contributed by atoms with Gasteiger partial charge in [-0.2, -0.15) is 0 Å². The molecular formula is C11H14ClN3S. The zero-order chi connectivity index (χ0) is 11.7. The first-order valence-electron chi connectivity index (χ1n) is 5.25. The summed E-state index contributed by atoms with van der Waals surface area (Å²) in [7, 11) is 0. The third-order valence-corrected chi connectivity index (χ3v) is 4.05. The highest BCUT2D eigenvalue weighted by molar-refractivity contribution is 7.12. The van der Waals surface area contributed by atoms with Gasteiger partial charge in [0, 0.05) is 16.2 Å². The summed E-state index contributed by atoms with van der Waals surface area (Å²) in [6, 6.07) is 2.20. The zero-order valence-corrected chi connectivity index (χ0v) is 11.2. The summed E-state index contributed by atoms with van der Waals surface area (Å²) in [5, 5.41) is 8.41. The maximum atomic E-state index is 6.01. The third kappa shape index (κ3) is 2.13. The second-order valence-corrected chi connectivity index (χ2v) is 5.46. The molecule has 0 saturated carbocycles. The fourth-order valence-corrected chi connectivity index (χ4v) is 2.85. The predicted octanol–water partition coefficient (Wildman–Crippen LogP) is 3.22. The van der Waals surface area contributed by atoms with E-state index in [1.54, 1.807) is 11.3 Å². The first-order valence-corrected chi connectivity index (χ1v) is 6.44. The second kappa shape index (κ2) is 4.55. The molecule has 3 nitrogen and oxygen atoms in total. The molecule has 2 heterocycles. The lowest BCUT2D eigenvalue weighted by Crippen LogP contribution is -2.03. The van der Waals surface area contributed by atoms with Crippen LogP contribution in [-0.4, -0.2) is 14.8 Å². The van der Waals surface area contributed by atoms with Crippen molar-refractivity contribution in [3.63, 3.8) is 0 Å². The van der Waals surface area contributed by atoms with Crippen LogP contribution in [0.3, 0.4) is 0 Å². The third-order valence-electron chi connectivity index (χ3n) is 2.63. The Kier molecular flexibility index (Phi) is 3.30. The second-order valence-electron chi connectivity index (χ2n) is 3.78. The number of halogens is 1. The molecule has 0 fully saturated rings. The molecule has 0 radical (unpaired) electrons. The number of rotatable bonds is 3. The molecule has 0 aliphatic rings. The lowest BCUT2D eigenvalue weighted by molar-refractivity contribution is 0.741. The normalized spacial score (nSPS) is 11.0. The molecule has 16 heavy (non-hydrogen) atoms. The summed E-state index contributed by atoms with van der Waals surface area (Å²) in [6.45, 7) is 7.10. The molecule has 5 heteroatoms. The van der Waals surface area contributed by atoms with Gasteiger partial charge < -0.3 is 0 Å². The minimum atomic E-state index is 0.473. The van der Waals surface area contributed by atoms with Crippen molar-refractivity contribution < 1.29 is 0 Å². The molecule has 0 aromatic carbocycles. The van der Waals surface area contributed by atoms with E-state index in [-0.39, 0.29) is 0 Å². The lowest BCUT2D eigenvalue weighted by Gasteiger charge is -2.03. The van der Waals surface area contributed by atoms with Crippen molar-refractivity contribution in [2.45, 2.75) is 33.7 Å². The largest absolute Gasteiger partial charge is 0.296 e. The Bertz CT molecular complexity index is 482. The van der Waals surface area contributed by atoms with Crippen LogP contribution >= 0.6 is 22.9 Å². The summed E-state index contributed by atoms with van der Waals surface area (Å²) in [5.41, 5.74) is 1.34. The standard InChI is InChI=1S/C11H14ClN3S/c1-4-10-13-14-11(12)15(10)6-9-5-7(2)8(3)16-9/h5H,4,6H2,1-3H3. The van der Waals surface area contributed by atoms with Gasteiger partial charge in [-0.25, -0.2) is 0 Å². The molecule has 0 spiro atoms. The molecule has 0 N–H and O–H groups in total. The van der Waals surface area contributed by atoms with Crippen LogP contribution in [0.15, 0.2) is 6.07 Å². The Morgan fingerprint density at radius 3 is 2.69 bits per heavy atom. The summed E-state index contributed by atoms with van der Waals surface area (Å²) in [6.07, 6.45) is 0.850. The van der Waals surface area contributed by atoms with Crippen molar-refractivity contribution >= 4 is 22.9 Å². The van der Waals surface area contributed by atoms with E-state index >= 15 is 0 Å².